The van der Waals surface area contributed by atoms with E-state index in [4.69, 9.17) is 0 Å². The van der Waals surface area contributed by atoms with E-state index in [0.717, 1.165) is 18.7 Å². The van der Waals surface area contributed by atoms with E-state index in [0.29, 0.717) is 19.6 Å². The van der Waals surface area contributed by atoms with Crippen molar-refractivity contribution in [2.45, 2.75) is 13.0 Å². The molecule has 1 saturated heterocycles. The monoisotopic (exact) mass is 367 g/mol. The Morgan fingerprint density at radius 2 is 1.68 bits per heavy atom. The van der Waals surface area contributed by atoms with Crippen LogP contribution in [0.15, 0.2) is 24.3 Å². The van der Waals surface area contributed by atoms with Gasteiger partial charge in [-0.1, -0.05) is 29.8 Å². The molecule has 0 aliphatic carbocycles. The molecule has 0 saturated carbocycles. The Bertz CT molecular complexity index is 678. The lowest BCUT2D eigenvalue weighted by atomic mass is 10.0. The number of rotatable bonds is 6. The van der Waals surface area contributed by atoms with Crippen molar-refractivity contribution in [2.75, 3.05) is 58.8 Å². The molecule has 1 aromatic carbocycles. The van der Waals surface area contributed by atoms with Crippen molar-refractivity contribution in [1.82, 2.24) is 14.7 Å². The van der Waals surface area contributed by atoms with Gasteiger partial charge in [0.15, 0.2) is 0 Å². The molecule has 1 fully saturated rings. The molecule has 0 unspecified atom stereocenters. The summed E-state index contributed by atoms with van der Waals surface area (Å²) < 4.78 is 22.6. The molecule has 140 valence electrons. The zero-order chi connectivity index (χ0) is 18.6. The summed E-state index contributed by atoms with van der Waals surface area (Å²) in [5, 5.41) is 0. The summed E-state index contributed by atoms with van der Waals surface area (Å²) in [4.78, 5) is 19.0. The lowest BCUT2D eigenvalue weighted by Gasteiger charge is -2.37. The number of amides is 1. The molecule has 0 spiro atoms. The predicted molar refractivity (Wildman–Crippen MR) is 100 cm³/mol. The number of likely N-dealkylation sites (N-methyl/N-ethyl adjacent to an activating group) is 1. The molecule has 1 aliphatic heterocycles. The molecule has 1 aliphatic rings. The van der Waals surface area contributed by atoms with Crippen LogP contribution >= 0.6 is 0 Å². The Labute approximate surface area is 151 Å². The van der Waals surface area contributed by atoms with Gasteiger partial charge in [-0.15, -0.1) is 0 Å². The van der Waals surface area contributed by atoms with Crippen LogP contribution in [0.3, 0.4) is 0 Å². The summed E-state index contributed by atoms with van der Waals surface area (Å²) in [5.41, 5.74) is 2.17. The summed E-state index contributed by atoms with van der Waals surface area (Å²) in [5.74, 6) is 0.279. The van der Waals surface area contributed by atoms with E-state index in [1.807, 2.05) is 55.1 Å². The van der Waals surface area contributed by atoms with E-state index in [2.05, 4.69) is 4.90 Å². The van der Waals surface area contributed by atoms with Crippen LogP contribution < -0.4 is 0 Å². The van der Waals surface area contributed by atoms with Crippen molar-refractivity contribution in [2.24, 2.45) is 0 Å². The van der Waals surface area contributed by atoms with E-state index in [9.17, 15) is 13.2 Å². The summed E-state index contributed by atoms with van der Waals surface area (Å²) in [6.45, 7) is 5.28. The number of carbonyl (C=O) groups is 1. The number of hydrogen-bond donors (Lipinski definition) is 0. The third-order valence-corrected chi connectivity index (χ3v) is 5.53. The fraction of sp³-hybridized carbons (Fsp3) is 0.611. The number of sulfone groups is 1. The second kappa shape index (κ2) is 8.29. The first-order valence-electron chi connectivity index (χ1n) is 8.59. The van der Waals surface area contributed by atoms with Gasteiger partial charge in [0, 0.05) is 39.0 Å². The van der Waals surface area contributed by atoms with Crippen molar-refractivity contribution in [1.29, 1.82) is 0 Å². The van der Waals surface area contributed by atoms with E-state index >= 15 is 0 Å². The van der Waals surface area contributed by atoms with Crippen LogP contribution in [0.4, 0.5) is 0 Å². The highest BCUT2D eigenvalue weighted by atomic mass is 32.2. The molecule has 1 aromatic rings. The second-order valence-corrected chi connectivity index (χ2v) is 9.33. The fourth-order valence-corrected chi connectivity index (χ4v) is 3.66. The third-order valence-electron chi connectivity index (χ3n) is 4.61. The molecule has 6 nitrogen and oxygen atoms in total. The SMILES string of the molecule is Cc1ccc([C@@H](C(=O)N2CCN(CCS(C)(=O)=O)CC2)N(C)C)cc1. The normalized spacial score (nSPS) is 17.7. The molecule has 1 atom stereocenters. The largest absolute Gasteiger partial charge is 0.338 e. The fourth-order valence-electron chi connectivity index (χ4n) is 3.07. The number of nitrogens with zero attached hydrogens (tertiary/aromatic N) is 3. The second-order valence-electron chi connectivity index (χ2n) is 7.07. The van der Waals surface area contributed by atoms with Gasteiger partial charge < -0.3 is 4.90 Å². The average Bonchev–Trinajstić information content (AvgIpc) is 2.54. The van der Waals surface area contributed by atoms with Gasteiger partial charge in [0.25, 0.3) is 0 Å². The summed E-state index contributed by atoms with van der Waals surface area (Å²) in [6, 6.07) is 7.80. The highest BCUT2D eigenvalue weighted by molar-refractivity contribution is 7.90. The molecular formula is C18H29N3O3S. The average molecular weight is 368 g/mol. The maximum atomic E-state index is 13.0. The topological polar surface area (TPSA) is 60.9 Å². The van der Waals surface area contributed by atoms with Gasteiger partial charge in [-0.3, -0.25) is 14.6 Å². The van der Waals surface area contributed by atoms with Crippen molar-refractivity contribution < 1.29 is 13.2 Å². The molecular weight excluding hydrogens is 338 g/mol. The van der Waals surface area contributed by atoms with Crippen LogP contribution in [0, 0.1) is 6.92 Å². The minimum Gasteiger partial charge on any atom is -0.338 e. The zero-order valence-electron chi connectivity index (χ0n) is 15.6. The first-order valence-corrected chi connectivity index (χ1v) is 10.7. The number of benzene rings is 1. The molecule has 1 heterocycles. The lowest BCUT2D eigenvalue weighted by Crippen LogP contribution is -2.52. The molecule has 0 bridgehead atoms. The molecule has 25 heavy (non-hydrogen) atoms. The molecule has 7 heteroatoms. The Hall–Kier alpha value is -1.44. The van der Waals surface area contributed by atoms with E-state index < -0.39 is 9.84 Å². The molecule has 0 aromatic heterocycles. The number of aryl methyl sites for hydroxylation is 1. The van der Waals surface area contributed by atoms with E-state index in [-0.39, 0.29) is 17.7 Å². The standard InChI is InChI=1S/C18H29N3O3S/c1-15-5-7-16(8-6-15)17(19(2)3)18(22)21-11-9-20(10-12-21)13-14-25(4,23)24/h5-8,17H,9-14H2,1-4H3/t17-/m0/s1. The molecule has 0 N–H and O–H groups in total. The van der Waals surface area contributed by atoms with Crippen LogP contribution in [0.1, 0.15) is 17.2 Å². The van der Waals surface area contributed by atoms with Crippen LogP contribution in [0.2, 0.25) is 0 Å². The van der Waals surface area contributed by atoms with Gasteiger partial charge in [-0.25, -0.2) is 8.42 Å². The number of carbonyl (C=O) groups excluding carboxylic acids is 1. The number of piperazine rings is 1. The van der Waals surface area contributed by atoms with Crippen molar-refractivity contribution in [3.63, 3.8) is 0 Å². The maximum Gasteiger partial charge on any atom is 0.244 e. The minimum atomic E-state index is -2.95. The maximum absolute atomic E-state index is 13.0. The molecule has 1 amide bonds. The van der Waals surface area contributed by atoms with E-state index in [1.165, 1.54) is 11.8 Å². The van der Waals surface area contributed by atoms with Gasteiger partial charge in [0.05, 0.1) is 5.75 Å². The van der Waals surface area contributed by atoms with Gasteiger partial charge in [0.1, 0.15) is 15.9 Å². The smallest absolute Gasteiger partial charge is 0.244 e. The quantitative estimate of drug-likeness (QED) is 0.744. The van der Waals surface area contributed by atoms with Crippen LogP contribution in [0.5, 0.6) is 0 Å². The van der Waals surface area contributed by atoms with Gasteiger partial charge in [0.2, 0.25) is 5.91 Å². The van der Waals surface area contributed by atoms with Crippen LogP contribution in [0.25, 0.3) is 0 Å². The Balaban J connectivity index is 1.98. The van der Waals surface area contributed by atoms with Crippen molar-refractivity contribution in [3.8, 4) is 0 Å². The predicted octanol–water partition coefficient (Wildman–Crippen LogP) is 0.787. The first kappa shape index (κ1) is 19.9. The van der Waals surface area contributed by atoms with Crippen molar-refractivity contribution >= 4 is 15.7 Å². The summed E-state index contributed by atoms with van der Waals surface area (Å²) in [7, 11) is 0.896. The van der Waals surface area contributed by atoms with Gasteiger partial charge >= 0.3 is 0 Å². The summed E-state index contributed by atoms with van der Waals surface area (Å²) in [6.07, 6.45) is 1.26. The Morgan fingerprint density at radius 1 is 1.12 bits per heavy atom. The highest BCUT2D eigenvalue weighted by Gasteiger charge is 2.30. The number of hydrogen-bond acceptors (Lipinski definition) is 5. The van der Waals surface area contributed by atoms with Crippen LogP contribution in [-0.2, 0) is 14.6 Å². The van der Waals surface area contributed by atoms with Gasteiger partial charge in [-0.05, 0) is 26.6 Å². The zero-order valence-corrected chi connectivity index (χ0v) is 16.4. The minimum absolute atomic E-state index is 0.108. The molecule has 0 radical (unpaired) electrons. The Morgan fingerprint density at radius 3 is 2.16 bits per heavy atom. The van der Waals surface area contributed by atoms with E-state index in [1.54, 1.807) is 0 Å². The summed E-state index contributed by atoms with van der Waals surface area (Å²) >= 11 is 0. The lowest BCUT2D eigenvalue weighted by molar-refractivity contribution is -0.138. The van der Waals surface area contributed by atoms with Gasteiger partial charge in [-0.2, -0.15) is 0 Å². The van der Waals surface area contributed by atoms with Crippen LogP contribution in [-0.4, -0.2) is 87.9 Å². The third kappa shape index (κ3) is 5.80. The Kier molecular flexibility index (Phi) is 6.59. The molecule has 2 rings (SSSR count). The first-order chi connectivity index (χ1) is 11.7. The highest BCUT2D eigenvalue weighted by Crippen LogP contribution is 2.22. The van der Waals surface area contributed by atoms with Crippen molar-refractivity contribution in [3.05, 3.63) is 35.4 Å².